The molecule has 0 amide bonds. The molecule has 17 heavy (non-hydrogen) atoms. The molecule has 1 atom stereocenters. The Kier molecular flexibility index (Phi) is 4.09. The van der Waals surface area contributed by atoms with Crippen LogP contribution in [0.3, 0.4) is 0 Å². The Hall–Kier alpha value is -1.59. The number of phenols is 2. The predicted octanol–water partition coefficient (Wildman–Crippen LogP) is 1.77. The van der Waals surface area contributed by atoms with Gasteiger partial charge in [0.25, 0.3) is 0 Å². The van der Waals surface area contributed by atoms with Crippen molar-refractivity contribution in [3.8, 4) is 11.5 Å². The monoisotopic (exact) mass is 239 g/mol. The lowest BCUT2D eigenvalue weighted by molar-refractivity contribution is -0.134. The molecule has 5 nitrogen and oxygen atoms in total. The summed E-state index contributed by atoms with van der Waals surface area (Å²) in [6.07, 6.45) is 0. The third-order valence-electron chi connectivity index (χ3n) is 2.57. The van der Waals surface area contributed by atoms with Crippen molar-refractivity contribution in [2.75, 3.05) is 0 Å². The van der Waals surface area contributed by atoms with Gasteiger partial charge in [-0.3, -0.25) is 4.79 Å². The highest BCUT2D eigenvalue weighted by Crippen LogP contribution is 2.25. The number of hydrogen-bond acceptors (Lipinski definition) is 5. The van der Waals surface area contributed by atoms with Gasteiger partial charge in [-0.15, -0.1) is 0 Å². The van der Waals surface area contributed by atoms with Crippen molar-refractivity contribution in [1.82, 2.24) is 5.06 Å². The Labute approximate surface area is 99.9 Å². The maximum atomic E-state index is 12.0. The Balaban J connectivity index is 2.92. The smallest absolute Gasteiger partial charge is 0.182 e. The molecule has 0 radical (unpaired) electrons. The topological polar surface area (TPSA) is 81.0 Å². The summed E-state index contributed by atoms with van der Waals surface area (Å²) in [5, 5.41) is 29.0. The van der Waals surface area contributed by atoms with Crippen LogP contribution in [0.5, 0.6) is 11.5 Å². The SMILES string of the molecule is CC(C)N(O)C(C)C(=O)c1ccc(O)c(O)c1. The summed E-state index contributed by atoms with van der Waals surface area (Å²) in [6.45, 7) is 5.10. The molecule has 1 unspecified atom stereocenters. The lowest BCUT2D eigenvalue weighted by Crippen LogP contribution is -2.40. The molecule has 0 fully saturated rings. The van der Waals surface area contributed by atoms with Crippen LogP contribution in [-0.4, -0.2) is 38.4 Å². The number of carbonyl (C=O) groups excluding carboxylic acids is 1. The highest BCUT2D eigenvalue weighted by Gasteiger charge is 2.23. The van der Waals surface area contributed by atoms with Gasteiger partial charge in [-0.2, -0.15) is 5.06 Å². The van der Waals surface area contributed by atoms with E-state index in [9.17, 15) is 15.1 Å². The Bertz CT molecular complexity index is 417. The van der Waals surface area contributed by atoms with Crippen molar-refractivity contribution in [3.05, 3.63) is 23.8 Å². The molecule has 94 valence electrons. The zero-order valence-electron chi connectivity index (χ0n) is 10.1. The number of hydroxylamine groups is 2. The maximum Gasteiger partial charge on any atom is 0.182 e. The average molecular weight is 239 g/mol. The lowest BCUT2D eigenvalue weighted by Gasteiger charge is -2.25. The molecule has 0 aromatic heterocycles. The molecule has 0 aliphatic carbocycles. The van der Waals surface area contributed by atoms with Gasteiger partial charge in [-0.25, -0.2) is 0 Å². The zero-order valence-corrected chi connectivity index (χ0v) is 10.1. The molecule has 0 heterocycles. The first-order valence-electron chi connectivity index (χ1n) is 5.38. The number of carbonyl (C=O) groups is 1. The summed E-state index contributed by atoms with van der Waals surface area (Å²) in [4.78, 5) is 12.0. The molecule has 1 rings (SSSR count). The fraction of sp³-hybridized carbons (Fsp3) is 0.417. The van der Waals surface area contributed by atoms with Gasteiger partial charge < -0.3 is 15.4 Å². The fourth-order valence-corrected chi connectivity index (χ4v) is 1.49. The molecule has 1 aromatic carbocycles. The van der Waals surface area contributed by atoms with E-state index in [-0.39, 0.29) is 28.9 Å². The molecule has 5 heteroatoms. The molecule has 1 aromatic rings. The van der Waals surface area contributed by atoms with Crippen LogP contribution in [0.1, 0.15) is 31.1 Å². The van der Waals surface area contributed by atoms with Gasteiger partial charge in [0, 0.05) is 11.6 Å². The van der Waals surface area contributed by atoms with Crippen LogP contribution in [0, 0.1) is 0 Å². The number of ketones is 1. The Morgan fingerprint density at radius 2 is 1.76 bits per heavy atom. The van der Waals surface area contributed by atoms with Crippen LogP contribution in [0.4, 0.5) is 0 Å². The standard InChI is InChI=1S/C12H17NO4/c1-7(2)13(17)8(3)12(16)9-4-5-10(14)11(15)6-9/h4-8,14-15,17H,1-3H3. The van der Waals surface area contributed by atoms with Gasteiger partial charge in [-0.1, -0.05) is 0 Å². The summed E-state index contributed by atoms with van der Waals surface area (Å²) < 4.78 is 0. The van der Waals surface area contributed by atoms with E-state index in [2.05, 4.69) is 0 Å². The number of rotatable bonds is 4. The first kappa shape index (κ1) is 13.5. The first-order valence-corrected chi connectivity index (χ1v) is 5.38. The highest BCUT2D eigenvalue weighted by molar-refractivity contribution is 6.00. The van der Waals surface area contributed by atoms with Gasteiger partial charge in [0.1, 0.15) is 0 Å². The number of hydrogen-bond donors (Lipinski definition) is 3. The number of Topliss-reactive ketones (excluding diaryl/α,β-unsaturated/α-hetero) is 1. The minimum absolute atomic E-state index is 0.181. The Morgan fingerprint density at radius 1 is 1.18 bits per heavy atom. The zero-order chi connectivity index (χ0) is 13.2. The van der Waals surface area contributed by atoms with E-state index in [1.165, 1.54) is 18.2 Å². The van der Waals surface area contributed by atoms with Crippen molar-refractivity contribution in [2.24, 2.45) is 0 Å². The predicted molar refractivity (Wildman–Crippen MR) is 62.3 cm³/mol. The van der Waals surface area contributed by atoms with Crippen LogP contribution in [0.15, 0.2) is 18.2 Å². The average Bonchev–Trinajstić information content (AvgIpc) is 2.29. The van der Waals surface area contributed by atoms with E-state index in [0.29, 0.717) is 0 Å². The summed E-state index contributed by atoms with van der Waals surface area (Å²) in [5.74, 6) is -0.951. The quantitative estimate of drug-likeness (QED) is 0.424. The van der Waals surface area contributed by atoms with E-state index < -0.39 is 6.04 Å². The number of phenolic OH excluding ortho intramolecular Hbond substituents is 2. The molecule has 0 bridgehead atoms. The second kappa shape index (κ2) is 5.16. The van der Waals surface area contributed by atoms with Gasteiger partial charge in [0.05, 0.1) is 6.04 Å². The highest BCUT2D eigenvalue weighted by atomic mass is 16.5. The van der Waals surface area contributed by atoms with Crippen LogP contribution in [0.2, 0.25) is 0 Å². The van der Waals surface area contributed by atoms with Crippen molar-refractivity contribution in [3.63, 3.8) is 0 Å². The number of benzene rings is 1. The van der Waals surface area contributed by atoms with Gasteiger partial charge >= 0.3 is 0 Å². The summed E-state index contributed by atoms with van der Waals surface area (Å²) in [5.41, 5.74) is 0.243. The molecule has 0 spiro atoms. The maximum absolute atomic E-state index is 12.0. The van der Waals surface area contributed by atoms with E-state index in [1.807, 2.05) is 0 Å². The molecule has 0 saturated carbocycles. The normalized spacial score (nSPS) is 13.1. The second-order valence-corrected chi connectivity index (χ2v) is 4.22. The molecule has 0 saturated heterocycles. The van der Waals surface area contributed by atoms with Crippen molar-refractivity contribution in [1.29, 1.82) is 0 Å². The second-order valence-electron chi connectivity index (χ2n) is 4.22. The van der Waals surface area contributed by atoms with Crippen molar-refractivity contribution >= 4 is 5.78 Å². The van der Waals surface area contributed by atoms with Gasteiger partial charge in [0.2, 0.25) is 0 Å². The van der Waals surface area contributed by atoms with E-state index in [4.69, 9.17) is 5.11 Å². The minimum atomic E-state index is -0.709. The molecule has 0 aliphatic rings. The van der Waals surface area contributed by atoms with Crippen molar-refractivity contribution < 1.29 is 20.2 Å². The van der Waals surface area contributed by atoms with E-state index in [1.54, 1.807) is 20.8 Å². The molecule has 3 N–H and O–H groups in total. The molecular formula is C12H17NO4. The van der Waals surface area contributed by atoms with Gasteiger partial charge in [-0.05, 0) is 39.0 Å². The lowest BCUT2D eigenvalue weighted by atomic mass is 10.0. The molecule has 0 aliphatic heterocycles. The van der Waals surface area contributed by atoms with E-state index in [0.717, 1.165) is 5.06 Å². The number of aromatic hydroxyl groups is 2. The van der Waals surface area contributed by atoms with Crippen LogP contribution in [0.25, 0.3) is 0 Å². The minimum Gasteiger partial charge on any atom is -0.504 e. The van der Waals surface area contributed by atoms with E-state index >= 15 is 0 Å². The van der Waals surface area contributed by atoms with Crippen LogP contribution in [-0.2, 0) is 0 Å². The van der Waals surface area contributed by atoms with Crippen molar-refractivity contribution in [2.45, 2.75) is 32.9 Å². The number of nitrogens with zero attached hydrogens (tertiary/aromatic N) is 1. The Morgan fingerprint density at radius 3 is 2.24 bits per heavy atom. The molecular weight excluding hydrogens is 222 g/mol. The first-order chi connectivity index (χ1) is 7.84. The van der Waals surface area contributed by atoms with Gasteiger partial charge in [0.15, 0.2) is 17.3 Å². The largest absolute Gasteiger partial charge is 0.504 e. The fourth-order valence-electron chi connectivity index (χ4n) is 1.49. The third kappa shape index (κ3) is 2.95. The third-order valence-corrected chi connectivity index (χ3v) is 2.57. The summed E-state index contributed by atoms with van der Waals surface area (Å²) in [7, 11) is 0. The van der Waals surface area contributed by atoms with Crippen LogP contribution < -0.4 is 0 Å². The van der Waals surface area contributed by atoms with Crippen LogP contribution >= 0.6 is 0 Å². The summed E-state index contributed by atoms with van der Waals surface area (Å²) >= 11 is 0. The summed E-state index contributed by atoms with van der Waals surface area (Å²) in [6, 6.07) is 2.94.